The van der Waals surface area contributed by atoms with Crippen molar-refractivity contribution in [2.75, 3.05) is 16.8 Å². The summed E-state index contributed by atoms with van der Waals surface area (Å²) in [5.41, 5.74) is 10.4. The molecule has 4 rings (SSSR count). The number of carboxylic acids is 1. The molecule has 0 saturated carbocycles. The van der Waals surface area contributed by atoms with E-state index in [1.54, 1.807) is 18.2 Å². The minimum absolute atomic E-state index is 0.0304. The van der Waals surface area contributed by atoms with E-state index in [2.05, 4.69) is 5.32 Å². The second-order valence-electron chi connectivity index (χ2n) is 9.33. The van der Waals surface area contributed by atoms with E-state index in [9.17, 15) is 19.1 Å². The van der Waals surface area contributed by atoms with Gasteiger partial charge in [-0.2, -0.15) is 0 Å². The Bertz CT molecular complexity index is 1580. The van der Waals surface area contributed by atoms with Crippen LogP contribution in [-0.4, -0.2) is 38.9 Å². The Morgan fingerprint density at radius 1 is 1.10 bits per heavy atom. The SMILES string of the molecule is CCn1c(CNc2ccc(C(=N)N)cc2F)nc2cc(C(=O)N(CCC(=O)O)c3ccc(C)cc3C)ccc21. The normalized spacial score (nSPS) is 11.0. The number of carboxylic acid groups (broad SMARTS) is 1. The molecule has 3 aromatic carbocycles. The van der Waals surface area contributed by atoms with Crippen LogP contribution in [-0.2, 0) is 17.9 Å². The lowest BCUT2D eigenvalue weighted by atomic mass is 10.1. The number of carbonyl (C=O) groups excluding carboxylic acids is 1. The van der Waals surface area contributed by atoms with Crippen molar-refractivity contribution in [3.8, 4) is 0 Å². The Morgan fingerprint density at radius 2 is 1.85 bits per heavy atom. The second kappa shape index (κ2) is 11.3. The number of amidine groups is 1. The molecule has 1 amide bonds. The number of nitrogens with zero attached hydrogens (tertiary/aromatic N) is 3. The topological polar surface area (TPSA) is 137 Å². The lowest BCUT2D eigenvalue weighted by Gasteiger charge is -2.24. The summed E-state index contributed by atoms with van der Waals surface area (Å²) >= 11 is 0. The van der Waals surface area contributed by atoms with Gasteiger partial charge in [-0.15, -0.1) is 0 Å². The van der Waals surface area contributed by atoms with Crippen LogP contribution in [0.2, 0.25) is 0 Å². The molecule has 0 atom stereocenters. The van der Waals surface area contributed by atoms with Gasteiger partial charge >= 0.3 is 5.97 Å². The first-order valence-electron chi connectivity index (χ1n) is 12.6. The number of halogens is 1. The molecule has 0 fully saturated rings. The fourth-order valence-corrected chi connectivity index (χ4v) is 4.60. The van der Waals surface area contributed by atoms with E-state index in [0.29, 0.717) is 34.7 Å². The number of nitrogens with two attached hydrogens (primary N) is 1. The quantitative estimate of drug-likeness (QED) is 0.171. The molecule has 0 aliphatic rings. The van der Waals surface area contributed by atoms with Crippen molar-refractivity contribution in [3.63, 3.8) is 0 Å². The third kappa shape index (κ3) is 5.90. The number of anilines is 2. The Morgan fingerprint density at radius 3 is 2.49 bits per heavy atom. The van der Waals surface area contributed by atoms with Gasteiger partial charge in [0, 0.05) is 29.9 Å². The Balaban J connectivity index is 1.64. The number of rotatable bonds is 10. The van der Waals surface area contributed by atoms with Crippen molar-refractivity contribution in [2.45, 2.75) is 40.3 Å². The maximum atomic E-state index is 14.5. The van der Waals surface area contributed by atoms with E-state index in [1.807, 2.05) is 49.6 Å². The van der Waals surface area contributed by atoms with Crippen LogP contribution in [0.1, 0.15) is 46.2 Å². The van der Waals surface area contributed by atoms with Crippen LogP contribution in [0, 0.1) is 25.1 Å². The first-order valence-corrected chi connectivity index (χ1v) is 12.6. The van der Waals surface area contributed by atoms with Crippen LogP contribution in [0.25, 0.3) is 11.0 Å². The predicted molar refractivity (Wildman–Crippen MR) is 150 cm³/mol. The number of amides is 1. The highest BCUT2D eigenvalue weighted by molar-refractivity contribution is 6.08. The molecule has 0 unspecified atom stereocenters. The van der Waals surface area contributed by atoms with Gasteiger partial charge in [-0.25, -0.2) is 9.37 Å². The molecule has 0 aliphatic carbocycles. The van der Waals surface area contributed by atoms with E-state index in [4.69, 9.17) is 16.1 Å². The van der Waals surface area contributed by atoms with Crippen molar-refractivity contribution in [1.29, 1.82) is 5.41 Å². The van der Waals surface area contributed by atoms with Crippen molar-refractivity contribution in [1.82, 2.24) is 9.55 Å². The molecular formula is C29H31FN6O3. The van der Waals surface area contributed by atoms with Gasteiger partial charge in [0.1, 0.15) is 17.5 Å². The molecule has 39 heavy (non-hydrogen) atoms. The van der Waals surface area contributed by atoms with Gasteiger partial charge in [0.05, 0.1) is 29.7 Å². The summed E-state index contributed by atoms with van der Waals surface area (Å²) in [6.45, 7) is 6.70. The van der Waals surface area contributed by atoms with Crippen LogP contribution in [0.4, 0.5) is 15.8 Å². The van der Waals surface area contributed by atoms with Gasteiger partial charge in [-0.1, -0.05) is 17.7 Å². The summed E-state index contributed by atoms with van der Waals surface area (Å²) in [5, 5.41) is 19.8. The maximum absolute atomic E-state index is 14.5. The number of benzene rings is 3. The maximum Gasteiger partial charge on any atom is 0.305 e. The van der Waals surface area contributed by atoms with Crippen LogP contribution in [0.15, 0.2) is 54.6 Å². The molecule has 0 radical (unpaired) electrons. The largest absolute Gasteiger partial charge is 0.481 e. The van der Waals surface area contributed by atoms with E-state index >= 15 is 0 Å². The standard InChI is InChI=1S/C29H31FN6O3/c1-4-35-25-10-7-20(29(39)36(12-11-27(37)38)24-9-5-17(2)13-18(24)3)15-23(25)34-26(35)16-33-22-8-6-19(28(31)32)14-21(22)30/h5-10,13-15,33H,4,11-12,16H2,1-3H3,(H3,31,32)(H,37,38). The summed E-state index contributed by atoms with van der Waals surface area (Å²) in [7, 11) is 0. The van der Waals surface area contributed by atoms with Gasteiger partial charge in [0.25, 0.3) is 5.91 Å². The Kier molecular flexibility index (Phi) is 7.94. The lowest BCUT2D eigenvalue weighted by Crippen LogP contribution is -2.33. The average molecular weight is 531 g/mol. The van der Waals surface area contributed by atoms with Gasteiger partial charge in [-0.3, -0.25) is 15.0 Å². The van der Waals surface area contributed by atoms with Crippen LogP contribution in [0.5, 0.6) is 0 Å². The zero-order chi connectivity index (χ0) is 28.3. The number of imidazole rings is 1. The summed E-state index contributed by atoms with van der Waals surface area (Å²) in [6, 6.07) is 15.2. The highest BCUT2D eigenvalue weighted by Crippen LogP contribution is 2.26. The van der Waals surface area contributed by atoms with E-state index in [1.165, 1.54) is 17.0 Å². The monoisotopic (exact) mass is 530 g/mol. The van der Waals surface area contributed by atoms with E-state index in [-0.39, 0.29) is 36.9 Å². The Hall–Kier alpha value is -4.73. The number of aromatic nitrogens is 2. The van der Waals surface area contributed by atoms with Crippen molar-refractivity contribution < 1.29 is 19.1 Å². The fourth-order valence-electron chi connectivity index (χ4n) is 4.60. The van der Waals surface area contributed by atoms with Gasteiger partial charge in [-0.05, 0) is 68.8 Å². The minimum atomic E-state index is -0.987. The highest BCUT2D eigenvalue weighted by Gasteiger charge is 2.22. The summed E-state index contributed by atoms with van der Waals surface area (Å²) in [4.78, 5) is 31.2. The second-order valence-corrected chi connectivity index (χ2v) is 9.33. The van der Waals surface area contributed by atoms with Gasteiger partial charge < -0.3 is 25.6 Å². The molecule has 4 aromatic rings. The lowest BCUT2D eigenvalue weighted by molar-refractivity contribution is -0.136. The molecule has 0 spiro atoms. The molecule has 0 bridgehead atoms. The molecule has 10 heteroatoms. The average Bonchev–Trinajstić information content (AvgIpc) is 3.25. The van der Waals surface area contributed by atoms with Crippen molar-refractivity contribution >= 4 is 40.1 Å². The molecule has 0 saturated heterocycles. The third-order valence-corrected chi connectivity index (χ3v) is 6.55. The summed E-state index contributed by atoms with van der Waals surface area (Å²) in [6.07, 6.45) is -0.189. The number of nitrogens with one attached hydrogen (secondary N) is 2. The van der Waals surface area contributed by atoms with Crippen LogP contribution >= 0.6 is 0 Å². The first kappa shape index (κ1) is 27.3. The smallest absolute Gasteiger partial charge is 0.305 e. The minimum Gasteiger partial charge on any atom is -0.481 e. The zero-order valence-electron chi connectivity index (χ0n) is 22.1. The first-order chi connectivity index (χ1) is 18.6. The summed E-state index contributed by atoms with van der Waals surface area (Å²) in [5.74, 6) is -1.38. The van der Waals surface area contributed by atoms with E-state index < -0.39 is 11.8 Å². The van der Waals surface area contributed by atoms with Crippen LogP contribution in [0.3, 0.4) is 0 Å². The molecule has 1 heterocycles. The molecule has 202 valence electrons. The number of hydrogen-bond donors (Lipinski definition) is 4. The molecule has 9 nitrogen and oxygen atoms in total. The van der Waals surface area contributed by atoms with Gasteiger partial charge in [0.2, 0.25) is 0 Å². The molecule has 1 aromatic heterocycles. The summed E-state index contributed by atoms with van der Waals surface area (Å²) < 4.78 is 16.5. The van der Waals surface area contributed by atoms with Crippen molar-refractivity contribution in [3.05, 3.63) is 88.5 Å². The number of aliphatic carboxylic acids is 1. The number of hydrogen-bond acceptors (Lipinski definition) is 5. The number of aryl methyl sites for hydroxylation is 3. The fraction of sp³-hybridized carbons (Fsp3) is 0.241. The van der Waals surface area contributed by atoms with E-state index in [0.717, 1.165) is 16.6 Å². The molecular weight excluding hydrogens is 499 g/mol. The van der Waals surface area contributed by atoms with Crippen LogP contribution < -0.4 is 16.0 Å². The number of nitrogen functional groups attached to an aromatic ring is 1. The molecule has 5 N–H and O–H groups in total. The van der Waals surface area contributed by atoms with Crippen molar-refractivity contribution in [2.24, 2.45) is 5.73 Å². The zero-order valence-corrected chi connectivity index (χ0v) is 22.1. The predicted octanol–water partition coefficient (Wildman–Crippen LogP) is 4.83. The highest BCUT2D eigenvalue weighted by atomic mass is 19.1. The molecule has 0 aliphatic heterocycles. The number of carbonyl (C=O) groups is 2. The Labute approximate surface area is 225 Å². The van der Waals surface area contributed by atoms with Gasteiger partial charge in [0.15, 0.2) is 0 Å². The number of fused-ring (bicyclic) bond motifs is 1. The third-order valence-electron chi connectivity index (χ3n) is 6.55.